The van der Waals surface area contributed by atoms with E-state index in [1.807, 2.05) is 63.6 Å². The maximum absolute atomic E-state index is 12.0. The molecule has 2 aromatic heterocycles. The average Bonchev–Trinajstić information content (AvgIpc) is 2.87. The first-order chi connectivity index (χ1) is 12.3. The van der Waals surface area contributed by atoms with Gasteiger partial charge in [0, 0.05) is 18.3 Å². The first kappa shape index (κ1) is 18.1. The molecule has 2 heterocycles. The molecule has 0 saturated carbocycles. The largest absolute Gasteiger partial charge is 0.481 e. The summed E-state index contributed by atoms with van der Waals surface area (Å²) in [5.41, 5.74) is 6.17. The van der Waals surface area contributed by atoms with E-state index in [9.17, 15) is 9.90 Å². The third kappa shape index (κ3) is 2.98. The Labute approximate surface area is 153 Å². The highest BCUT2D eigenvalue weighted by Crippen LogP contribution is 2.38. The molecule has 1 atom stereocenters. The summed E-state index contributed by atoms with van der Waals surface area (Å²) in [6.45, 7) is 7.89. The zero-order valence-electron chi connectivity index (χ0n) is 16.0. The Hall–Kier alpha value is -2.69. The summed E-state index contributed by atoms with van der Waals surface area (Å²) in [6.07, 6.45) is 1.37. The Balaban J connectivity index is 2.42. The molecule has 5 nitrogen and oxygen atoms in total. The van der Waals surface area contributed by atoms with Crippen molar-refractivity contribution in [1.82, 2.24) is 14.5 Å². The van der Waals surface area contributed by atoms with Gasteiger partial charge >= 0.3 is 5.97 Å². The van der Waals surface area contributed by atoms with Gasteiger partial charge in [-0.2, -0.15) is 0 Å². The van der Waals surface area contributed by atoms with Crippen LogP contribution in [-0.4, -0.2) is 25.6 Å². The zero-order chi connectivity index (χ0) is 19.0. The summed E-state index contributed by atoms with van der Waals surface area (Å²) in [5, 5.41) is 9.88. The molecule has 0 aliphatic rings. The van der Waals surface area contributed by atoms with Crippen molar-refractivity contribution in [2.24, 2.45) is 7.05 Å². The highest BCUT2D eigenvalue weighted by Gasteiger charge is 2.28. The third-order valence-electron chi connectivity index (χ3n) is 5.02. The fourth-order valence-electron chi connectivity index (χ4n) is 3.54. The van der Waals surface area contributed by atoms with Gasteiger partial charge in [0.25, 0.3) is 0 Å². The van der Waals surface area contributed by atoms with Gasteiger partial charge in [-0.1, -0.05) is 43.2 Å². The predicted octanol–water partition coefficient (Wildman–Crippen LogP) is 4.53. The molecular formula is C21H25N3O2. The van der Waals surface area contributed by atoms with Crippen LogP contribution in [0.4, 0.5) is 0 Å². The molecule has 0 bridgehead atoms. The van der Waals surface area contributed by atoms with Crippen molar-refractivity contribution in [3.8, 4) is 11.1 Å². The number of aliphatic carboxylic acids is 1. The molecule has 136 valence electrons. The number of aryl methyl sites for hydroxylation is 4. The van der Waals surface area contributed by atoms with Crippen LogP contribution in [0.25, 0.3) is 22.3 Å². The zero-order valence-corrected chi connectivity index (χ0v) is 16.0. The molecule has 0 saturated heterocycles. The minimum Gasteiger partial charge on any atom is -0.481 e. The number of hydrogen-bond acceptors (Lipinski definition) is 3. The number of imidazole rings is 1. The molecule has 0 radical (unpaired) electrons. The number of carbonyl (C=O) groups is 1. The number of fused-ring (bicyclic) bond motifs is 1. The second-order valence-electron chi connectivity index (χ2n) is 6.92. The van der Waals surface area contributed by atoms with Crippen LogP contribution in [0.5, 0.6) is 0 Å². The SMILES string of the molecule is CCCC(C(=O)O)c1c(C)nc2c(nc(C)n2C)c1-c1ccc(C)cc1. The lowest BCUT2D eigenvalue weighted by atomic mass is 9.86. The molecule has 26 heavy (non-hydrogen) atoms. The van der Waals surface area contributed by atoms with Crippen LogP contribution in [0.1, 0.15) is 48.3 Å². The van der Waals surface area contributed by atoms with Crippen molar-refractivity contribution < 1.29 is 9.90 Å². The van der Waals surface area contributed by atoms with Crippen molar-refractivity contribution in [3.63, 3.8) is 0 Å². The molecular weight excluding hydrogens is 326 g/mol. The normalized spacial score (nSPS) is 12.5. The molecule has 1 aromatic carbocycles. The van der Waals surface area contributed by atoms with Crippen LogP contribution >= 0.6 is 0 Å². The lowest BCUT2D eigenvalue weighted by Crippen LogP contribution is -2.15. The molecule has 0 aliphatic carbocycles. The van der Waals surface area contributed by atoms with Gasteiger partial charge in [-0.3, -0.25) is 4.79 Å². The topological polar surface area (TPSA) is 68.0 Å². The van der Waals surface area contributed by atoms with Gasteiger partial charge in [-0.15, -0.1) is 0 Å². The third-order valence-corrected chi connectivity index (χ3v) is 5.02. The fraction of sp³-hybridized carbons (Fsp3) is 0.381. The van der Waals surface area contributed by atoms with Crippen LogP contribution in [0.3, 0.4) is 0 Å². The van der Waals surface area contributed by atoms with Crippen LogP contribution in [0.2, 0.25) is 0 Å². The van der Waals surface area contributed by atoms with Crippen LogP contribution < -0.4 is 0 Å². The number of pyridine rings is 1. The maximum Gasteiger partial charge on any atom is 0.311 e. The van der Waals surface area contributed by atoms with Crippen LogP contribution in [-0.2, 0) is 11.8 Å². The van der Waals surface area contributed by atoms with E-state index in [1.165, 1.54) is 0 Å². The molecule has 1 N–H and O–H groups in total. The Morgan fingerprint density at radius 1 is 1.15 bits per heavy atom. The number of hydrogen-bond donors (Lipinski definition) is 1. The Morgan fingerprint density at radius 2 is 1.81 bits per heavy atom. The second kappa shape index (κ2) is 6.90. The van der Waals surface area contributed by atoms with Gasteiger partial charge < -0.3 is 9.67 Å². The summed E-state index contributed by atoms with van der Waals surface area (Å²) in [6, 6.07) is 8.18. The quantitative estimate of drug-likeness (QED) is 0.733. The summed E-state index contributed by atoms with van der Waals surface area (Å²) in [5.74, 6) is -0.535. The Morgan fingerprint density at radius 3 is 2.38 bits per heavy atom. The molecule has 0 aliphatic heterocycles. The van der Waals surface area contributed by atoms with E-state index >= 15 is 0 Å². The van der Waals surface area contributed by atoms with Crippen molar-refractivity contribution >= 4 is 17.1 Å². The fourth-order valence-corrected chi connectivity index (χ4v) is 3.54. The Bertz CT molecular complexity index is 971. The number of nitrogens with zero attached hydrogens (tertiary/aromatic N) is 3. The van der Waals surface area contributed by atoms with E-state index in [0.29, 0.717) is 6.42 Å². The van der Waals surface area contributed by atoms with E-state index in [2.05, 4.69) is 0 Å². The van der Waals surface area contributed by atoms with E-state index in [1.54, 1.807) is 0 Å². The molecule has 3 aromatic rings. The lowest BCUT2D eigenvalue weighted by Gasteiger charge is -2.19. The Kier molecular flexibility index (Phi) is 4.81. The average molecular weight is 351 g/mol. The second-order valence-corrected chi connectivity index (χ2v) is 6.92. The van der Waals surface area contributed by atoms with Gasteiger partial charge in [-0.05, 0) is 38.3 Å². The smallest absolute Gasteiger partial charge is 0.311 e. The minimum absolute atomic E-state index is 0.577. The summed E-state index contributed by atoms with van der Waals surface area (Å²) < 4.78 is 1.96. The maximum atomic E-state index is 12.0. The van der Waals surface area contributed by atoms with Gasteiger partial charge in [-0.25, -0.2) is 9.97 Å². The van der Waals surface area contributed by atoms with Gasteiger partial charge in [0.2, 0.25) is 0 Å². The monoisotopic (exact) mass is 351 g/mol. The number of benzene rings is 1. The van der Waals surface area contributed by atoms with Crippen molar-refractivity contribution in [1.29, 1.82) is 0 Å². The number of carboxylic acids is 1. The highest BCUT2D eigenvalue weighted by molar-refractivity contribution is 5.95. The van der Waals surface area contributed by atoms with E-state index in [4.69, 9.17) is 9.97 Å². The van der Waals surface area contributed by atoms with Gasteiger partial charge in [0.15, 0.2) is 5.65 Å². The van der Waals surface area contributed by atoms with Crippen molar-refractivity contribution in [3.05, 3.63) is 46.9 Å². The number of carboxylic acid groups (broad SMARTS) is 1. The van der Waals surface area contributed by atoms with E-state index in [-0.39, 0.29) is 0 Å². The molecule has 1 unspecified atom stereocenters. The predicted molar refractivity (Wildman–Crippen MR) is 103 cm³/mol. The molecule has 0 amide bonds. The van der Waals surface area contributed by atoms with Crippen LogP contribution in [0, 0.1) is 20.8 Å². The first-order valence-corrected chi connectivity index (χ1v) is 8.98. The molecule has 3 rings (SSSR count). The molecule has 0 spiro atoms. The molecule has 0 fully saturated rings. The van der Waals surface area contributed by atoms with Crippen molar-refractivity contribution in [2.45, 2.75) is 46.5 Å². The summed E-state index contributed by atoms with van der Waals surface area (Å²) >= 11 is 0. The number of aromatic nitrogens is 3. The van der Waals surface area contributed by atoms with E-state index in [0.717, 1.165) is 51.4 Å². The summed E-state index contributed by atoms with van der Waals surface area (Å²) in [7, 11) is 1.94. The highest BCUT2D eigenvalue weighted by atomic mass is 16.4. The summed E-state index contributed by atoms with van der Waals surface area (Å²) in [4.78, 5) is 21.5. The van der Waals surface area contributed by atoms with Crippen LogP contribution in [0.15, 0.2) is 24.3 Å². The first-order valence-electron chi connectivity index (χ1n) is 8.98. The van der Waals surface area contributed by atoms with Gasteiger partial charge in [0.05, 0.1) is 5.92 Å². The standard InChI is InChI=1S/C21H25N3O2/c1-6-7-16(21(25)26)17-13(3)22-20-19(23-14(4)24(20)5)18(17)15-10-8-12(2)9-11-15/h8-11,16H,6-7H2,1-5H3,(H,25,26). The molecule has 5 heteroatoms. The lowest BCUT2D eigenvalue weighted by molar-refractivity contribution is -0.139. The van der Waals surface area contributed by atoms with E-state index < -0.39 is 11.9 Å². The van der Waals surface area contributed by atoms with Crippen molar-refractivity contribution in [2.75, 3.05) is 0 Å². The van der Waals surface area contributed by atoms with Gasteiger partial charge in [0.1, 0.15) is 11.3 Å². The number of rotatable bonds is 5. The minimum atomic E-state index is -0.808.